The molecule has 0 radical (unpaired) electrons. The van der Waals surface area contributed by atoms with E-state index in [1.807, 2.05) is 14.1 Å². The minimum Gasteiger partial charge on any atom is -0.376 e. The van der Waals surface area contributed by atoms with Crippen molar-refractivity contribution in [1.82, 2.24) is 4.98 Å². The third-order valence-electron chi connectivity index (χ3n) is 2.98. The summed E-state index contributed by atoms with van der Waals surface area (Å²) in [5.74, 6) is 0. The van der Waals surface area contributed by atoms with Crippen LogP contribution in [0.3, 0.4) is 0 Å². The molecule has 0 atom stereocenters. The highest BCUT2D eigenvalue weighted by Gasteiger charge is 2.07. The molecule has 0 aliphatic heterocycles. The molecule has 2 rings (SSSR count). The minimum atomic E-state index is 0.642. The Morgan fingerprint density at radius 3 is 2.71 bits per heavy atom. The van der Waals surface area contributed by atoms with Gasteiger partial charge in [-0.05, 0) is 31.2 Å². The molecule has 2 aromatic rings. The number of aryl methyl sites for hydroxylation is 1. The Balaban J connectivity index is 2.67. The van der Waals surface area contributed by atoms with E-state index in [1.165, 1.54) is 10.9 Å². The second kappa shape index (κ2) is 4.72. The van der Waals surface area contributed by atoms with Gasteiger partial charge in [-0.2, -0.15) is 0 Å². The molecule has 3 nitrogen and oxygen atoms in total. The van der Waals surface area contributed by atoms with Gasteiger partial charge in [0.05, 0.1) is 11.2 Å². The van der Waals surface area contributed by atoms with E-state index in [0.717, 1.165) is 23.3 Å². The highest BCUT2D eigenvalue weighted by Crippen LogP contribution is 2.25. The van der Waals surface area contributed by atoms with E-state index < -0.39 is 0 Å². The molecular weight excluding hydrogens is 210 g/mol. The molecule has 1 aromatic carbocycles. The summed E-state index contributed by atoms with van der Waals surface area (Å²) in [5.41, 5.74) is 10.2. The van der Waals surface area contributed by atoms with Gasteiger partial charge in [-0.1, -0.05) is 12.1 Å². The van der Waals surface area contributed by atoms with E-state index in [4.69, 9.17) is 10.7 Å². The standard InChI is InChI=1S/C14H19N3/c1-10-9-11-5-4-6-13(17(2)3)14(11)16-12(10)7-8-15/h4-6,9H,7-8,15H2,1-3H3. The number of nitrogens with two attached hydrogens (primary N) is 1. The zero-order valence-electron chi connectivity index (χ0n) is 10.7. The Bertz CT molecular complexity index is 532. The lowest BCUT2D eigenvalue weighted by Gasteiger charge is -2.16. The number of hydrogen-bond donors (Lipinski definition) is 1. The summed E-state index contributed by atoms with van der Waals surface area (Å²) in [5, 5.41) is 1.19. The first-order chi connectivity index (χ1) is 8.13. The average Bonchev–Trinajstić information content (AvgIpc) is 2.29. The lowest BCUT2D eigenvalue weighted by atomic mass is 10.1. The predicted octanol–water partition coefficient (Wildman–Crippen LogP) is 2.11. The maximum absolute atomic E-state index is 5.62. The number of hydrogen-bond acceptors (Lipinski definition) is 3. The van der Waals surface area contributed by atoms with E-state index >= 15 is 0 Å². The van der Waals surface area contributed by atoms with E-state index in [0.29, 0.717) is 6.54 Å². The van der Waals surface area contributed by atoms with Crippen molar-refractivity contribution in [3.63, 3.8) is 0 Å². The maximum Gasteiger partial charge on any atom is 0.0938 e. The topological polar surface area (TPSA) is 42.2 Å². The number of nitrogens with zero attached hydrogens (tertiary/aromatic N) is 2. The Labute approximate surface area is 102 Å². The number of fused-ring (bicyclic) bond motifs is 1. The number of rotatable bonds is 3. The van der Waals surface area contributed by atoms with Crippen LogP contribution in [0.15, 0.2) is 24.3 Å². The molecule has 3 heteroatoms. The van der Waals surface area contributed by atoms with Gasteiger partial charge in [0, 0.05) is 31.6 Å². The van der Waals surface area contributed by atoms with Crippen molar-refractivity contribution < 1.29 is 0 Å². The molecule has 0 saturated heterocycles. The van der Waals surface area contributed by atoms with Crippen LogP contribution in [0.25, 0.3) is 10.9 Å². The van der Waals surface area contributed by atoms with E-state index in [9.17, 15) is 0 Å². The number of aromatic nitrogens is 1. The van der Waals surface area contributed by atoms with Gasteiger partial charge in [-0.25, -0.2) is 0 Å². The van der Waals surface area contributed by atoms with Crippen LogP contribution >= 0.6 is 0 Å². The van der Waals surface area contributed by atoms with Crippen LogP contribution in [0, 0.1) is 6.92 Å². The fraction of sp³-hybridized carbons (Fsp3) is 0.357. The molecule has 0 saturated carbocycles. The van der Waals surface area contributed by atoms with Gasteiger partial charge in [0.25, 0.3) is 0 Å². The van der Waals surface area contributed by atoms with Gasteiger partial charge in [0.15, 0.2) is 0 Å². The predicted molar refractivity (Wildman–Crippen MR) is 73.6 cm³/mol. The minimum absolute atomic E-state index is 0.642. The Hall–Kier alpha value is -1.61. The highest BCUT2D eigenvalue weighted by molar-refractivity contribution is 5.91. The van der Waals surface area contributed by atoms with Gasteiger partial charge in [-0.15, -0.1) is 0 Å². The lowest BCUT2D eigenvalue weighted by molar-refractivity contribution is 0.918. The lowest BCUT2D eigenvalue weighted by Crippen LogP contribution is -2.11. The summed E-state index contributed by atoms with van der Waals surface area (Å²) in [6.07, 6.45) is 0.837. The first kappa shape index (κ1) is 11.9. The van der Waals surface area contributed by atoms with Crippen LogP contribution < -0.4 is 10.6 Å². The highest BCUT2D eigenvalue weighted by atomic mass is 15.1. The third-order valence-corrected chi connectivity index (χ3v) is 2.98. The quantitative estimate of drug-likeness (QED) is 0.876. The van der Waals surface area contributed by atoms with Crippen LogP contribution in [-0.4, -0.2) is 25.6 Å². The molecule has 0 aliphatic rings. The monoisotopic (exact) mass is 229 g/mol. The first-order valence-corrected chi connectivity index (χ1v) is 5.90. The zero-order valence-corrected chi connectivity index (χ0v) is 10.7. The first-order valence-electron chi connectivity index (χ1n) is 5.90. The van der Waals surface area contributed by atoms with Gasteiger partial charge in [-0.3, -0.25) is 4.98 Å². The van der Waals surface area contributed by atoms with Crippen LogP contribution in [0.1, 0.15) is 11.3 Å². The molecule has 17 heavy (non-hydrogen) atoms. The normalized spacial score (nSPS) is 10.8. The number of benzene rings is 1. The van der Waals surface area contributed by atoms with E-state index in [2.05, 4.69) is 36.1 Å². The van der Waals surface area contributed by atoms with Crippen LogP contribution in [0.5, 0.6) is 0 Å². The summed E-state index contributed by atoms with van der Waals surface area (Å²) in [7, 11) is 4.08. The second-order valence-corrected chi connectivity index (χ2v) is 4.53. The molecule has 0 bridgehead atoms. The smallest absolute Gasteiger partial charge is 0.0938 e. The van der Waals surface area contributed by atoms with Gasteiger partial charge >= 0.3 is 0 Å². The number of anilines is 1. The van der Waals surface area contributed by atoms with Crippen LogP contribution in [-0.2, 0) is 6.42 Å². The van der Waals surface area contributed by atoms with Crippen molar-refractivity contribution in [1.29, 1.82) is 0 Å². The van der Waals surface area contributed by atoms with Crippen LogP contribution in [0.2, 0.25) is 0 Å². The average molecular weight is 229 g/mol. The van der Waals surface area contributed by atoms with E-state index in [-0.39, 0.29) is 0 Å². The van der Waals surface area contributed by atoms with Crippen molar-refractivity contribution >= 4 is 16.6 Å². The summed E-state index contributed by atoms with van der Waals surface area (Å²) in [6, 6.07) is 8.47. The fourth-order valence-electron chi connectivity index (χ4n) is 2.08. The van der Waals surface area contributed by atoms with Crippen molar-refractivity contribution in [2.75, 3.05) is 25.5 Å². The molecule has 2 N–H and O–H groups in total. The Kier molecular flexibility index (Phi) is 3.29. The fourth-order valence-corrected chi connectivity index (χ4v) is 2.08. The molecule has 0 amide bonds. The molecule has 0 fully saturated rings. The SMILES string of the molecule is Cc1cc2cccc(N(C)C)c2nc1CCN. The maximum atomic E-state index is 5.62. The third kappa shape index (κ3) is 2.24. The summed E-state index contributed by atoms with van der Waals surface area (Å²) < 4.78 is 0. The Morgan fingerprint density at radius 1 is 1.29 bits per heavy atom. The molecule has 0 unspecified atom stereocenters. The number of pyridine rings is 1. The van der Waals surface area contributed by atoms with Crippen molar-refractivity contribution in [3.8, 4) is 0 Å². The van der Waals surface area contributed by atoms with Gasteiger partial charge in [0.2, 0.25) is 0 Å². The van der Waals surface area contributed by atoms with Crippen LogP contribution in [0.4, 0.5) is 5.69 Å². The largest absolute Gasteiger partial charge is 0.376 e. The van der Waals surface area contributed by atoms with Crippen molar-refractivity contribution in [2.24, 2.45) is 5.73 Å². The van der Waals surface area contributed by atoms with Crippen molar-refractivity contribution in [3.05, 3.63) is 35.5 Å². The molecule has 1 aromatic heterocycles. The summed E-state index contributed by atoms with van der Waals surface area (Å²) in [6.45, 7) is 2.74. The second-order valence-electron chi connectivity index (χ2n) is 4.53. The molecular formula is C14H19N3. The molecule has 90 valence electrons. The zero-order chi connectivity index (χ0) is 12.4. The van der Waals surface area contributed by atoms with Gasteiger partial charge in [0.1, 0.15) is 0 Å². The molecule has 0 aliphatic carbocycles. The number of para-hydroxylation sites is 1. The summed E-state index contributed by atoms with van der Waals surface area (Å²) >= 11 is 0. The molecule has 0 spiro atoms. The summed E-state index contributed by atoms with van der Waals surface area (Å²) in [4.78, 5) is 6.86. The van der Waals surface area contributed by atoms with Crippen molar-refractivity contribution in [2.45, 2.75) is 13.3 Å². The molecule has 1 heterocycles. The Morgan fingerprint density at radius 2 is 2.06 bits per heavy atom. The van der Waals surface area contributed by atoms with E-state index in [1.54, 1.807) is 0 Å². The van der Waals surface area contributed by atoms with Gasteiger partial charge < -0.3 is 10.6 Å².